The second-order valence-corrected chi connectivity index (χ2v) is 4.62. The van der Waals surface area contributed by atoms with Crippen LogP contribution in [-0.2, 0) is 0 Å². The van der Waals surface area contributed by atoms with Crippen LogP contribution in [0.2, 0.25) is 5.02 Å². The van der Waals surface area contributed by atoms with Crippen LogP contribution >= 0.6 is 11.6 Å². The summed E-state index contributed by atoms with van der Waals surface area (Å²) in [6.07, 6.45) is 1.55. The van der Waals surface area contributed by atoms with E-state index >= 15 is 0 Å². The van der Waals surface area contributed by atoms with Crippen LogP contribution < -0.4 is 11.1 Å². The van der Waals surface area contributed by atoms with E-state index in [4.69, 9.17) is 22.4 Å². The Morgan fingerprint density at radius 2 is 2.19 bits per heavy atom. The molecule has 1 atom stereocenters. The Morgan fingerprint density at radius 3 is 2.69 bits per heavy atom. The fourth-order valence-electron chi connectivity index (χ4n) is 1.55. The standard InChI is InChI=1S/C12H19ClN2O/c1-3-12(2,7-8-16)15-11-9(13)5-4-6-10(11)14/h4-6,15-16H,3,7-8,14H2,1-2H3. The van der Waals surface area contributed by atoms with Crippen molar-refractivity contribution in [1.82, 2.24) is 0 Å². The molecule has 4 heteroatoms. The Kier molecular flexibility index (Phi) is 4.44. The van der Waals surface area contributed by atoms with Crippen molar-refractivity contribution in [3.63, 3.8) is 0 Å². The lowest BCUT2D eigenvalue weighted by atomic mass is 9.94. The summed E-state index contributed by atoms with van der Waals surface area (Å²) in [5.41, 5.74) is 7.06. The zero-order chi connectivity index (χ0) is 12.2. The monoisotopic (exact) mass is 242 g/mol. The molecule has 3 nitrogen and oxygen atoms in total. The fraction of sp³-hybridized carbons (Fsp3) is 0.500. The molecule has 16 heavy (non-hydrogen) atoms. The fourth-order valence-corrected chi connectivity index (χ4v) is 1.78. The summed E-state index contributed by atoms with van der Waals surface area (Å²) < 4.78 is 0. The van der Waals surface area contributed by atoms with E-state index in [2.05, 4.69) is 12.2 Å². The first-order chi connectivity index (χ1) is 7.52. The number of para-hydroxylation sites is 1. The zero-order valence-corrected chi connectivity index (χ0v) is 10.5. The molecule has 0 aromatic heterocycles. The van der Waals surface area contributed by atoms with Crippen molar-refractivity contribution in [2.24, 2.45) is 0 Å². The maximum Gasteiger partial charge on any atom is 0.0767 e. The molecule has 0 radical (unpaired) electrons. The van der Waals surface area contributed by atoms with Gasteiger partial charge in [0.2, 0.25) is 0 Å². The molecule has 1 aromatic rings. The first-order valence-corrected chi connectivity index (χ1v) is 5.83. The van der Waals surface area contributed by atoms with E-state index in [0.717, 1.165) is 12.1 Å². The summed E-state index contributed by atoms with van der Waals surface area (Å²) in [5.74, 6) is 0. The van der Waals surface area contributed by atoms with E-state index in [-0.39, 0.29) is 12.1 Å². The van der Waals surface area contributed by atoms with Gasteiger partial charge in [-0.1, -0.05) is 24.6 Å². The summed E-state index contributed by atoms with van der Waals surface area (Å²) in [4.78, 5) is 0. The van der Waals surface area contributed by atoms with Gasteiger partial charge < -0.3 is 16.2 Å². The van der Waals surface area contributed by atoms with Crippen LogP contribution in [0.1, 0.15) is 26.7 Å². The summed E-state index contributed by atoms with van der Waals surface area (Å²) in [7, 11) is 0. The van der Waals surface area contributed by atoms with Gasteiger partial charge in [0, 0.05) is 12.1 Å². The van der Waals surface area contributed by atoms with Gasteiger partial charge in [0.05, 0.1) is 16.4 Å². The van der Waals surface area contributed by atoms with Crippen LogP contribution in [0, 0.1) is 0 Å². The second-order valence-electron chi connectivity index (χ2n) is 4.22. The van der Waals surface area contributed by atoms with Gasteiger partial charge >= 0.3 is 0 Å². The lowest BCUT2D eigenvalue weighted by molar-refractivity contribution is 0.252. The Balaban J connectivity index is 2.94. The first kappa shape index (κ1) is 13.1. The summed E-state index contributed by atoms with van der Waals surface area (Å²) in [6.45, 7) is 4.25. The molecule has 1 rings (SSSR count). The molecule has 1 aromatic carbocycles. The number of benzene rings is 1. The van der Waals surface area contributed by atoms with Crippen LogP contribution in [0.5, 0.6) is 0 Å². The number of aliphatic hydroxyl groups excluding tert-OH is 1. The van der Waals surface area contributed by atoms with Gasteiger partial charge in [0.1, 0.15) is 0 Å². The molecule has 0 heterocycles. The van der Waals surface area contributed by atoms with Gasteiger partial charge in [-0.3, -0.25) is 0 Å². The molecule has 1 unspecified atom stereocenters. The minimum Gasteiger partial charge on any atom is -0.397 e. The second kappa shape index (κ2) is 5.41. The molecule has 0 aliphatic heterocycles. The van der Waals surface area contributed by atoms with E-state index in [1.54, 1.807) is 6.07 Å². The Labute approximate surface area is 102 Å². The minimum atomic E-state index is -0.187. The van der Waals surface area contributed by atoms with Crippen LogP contribution in [-0.4, -0.2) is 17.3 Å². The maximum absolute atomic E-state index is 9.05. The van der Waals surface area contributed by atoms with Gasteiger partial charge in [-0.2, -0.15) is 0 Å². The number of aliphatic hydroxyl groups is 1. The SMILES string of the molecule is CCC(C)(CCO)Nc1c(N)cccc1Cl. The lowest BCUT2D eigenvalue weighted by Crippen LogP contribution is -2.35. The lowest BCUT2D eigenvalue weighted by Gasteiger charge is -2.31. The first-order valence-electron chi connectivity index (χ1n) is 5.45. The average molecular weight is 243 g/mol. The minimum absolute atomic E-state index is 0.141. The predicted molar refractivity (Wildman–Crippen MR) is 69.9 cm³/mol. The van der Waals surface area contributed by atoms with E-state index in [1.807, 2.05) is 19.1 Å². The van der Waals surface area contributed by atoms with Crippen molar-refractivity contribution in [1.29, 1.82) is 0 Å². The smallest absolute Gasteiger partial charge is 0.0767 e. The largest absolute Gasteiger partial charge is 0.397 e. The van der Waals surface area contributed by atoms with E-state index in [9.17, 15) is 0 Å². The molecule has 0 bridgehead atoms. The van der Waals surface area contributed by atoms with Gasteiger partial charge in [-0.15, -0.1) is 0 Å². The highest BCUT2D eigenvalue weighted by Gasteiger charge is 2.22. The molecule has 90 valence electrons. The number of hydrogen-bond donors (Lipinski definition) is 3. The number of nitrogen functional groups attached to an aromatic ring is 1. The highest BCUT2D eigenvalue weighted by Crippen LogP contribution is 2.32. The van der Waals surface area contributed by atoms with Crippen molar-refractivity contribution >= 4 is 23.0 Å². The van der Waals surface area contributed by atoms with Crippen molar-refractivity contribution < 1.29 is 5.11 Å². The third kappa shape index (κ3) is 3.03. The quantitative estimate of drug-likeness (QED) is 0.696. The molecular weight excluding hydrogens is 224 g/mol. The highest BCUT2D eigenvalue weighted by molar-refractivity contribution is 6.33. The summed E-state index contributed by atoms with van der Waals surface area (Å²) in [6, 6.07) is 5.43. The van der Waals surface area contributed by atoms with Crippen LogP contribution in [0.3, 0.4) is 0 Å². The molecule has 0 saturated carbocycles. The molecular formula is C12H19ClN2O. The number of rotatable bonds is 5. The number of nitrogens with one attached hydrogen (secondary N) is 1. The Hall–Kier alpha value is -0.930. The molecule has 0 amide bonds. The third-order valence-corrected chi connectivity index (χ3v) is 3.23. The molecule has 0 fully saturated rings. The van der Waals surface area contributed by atoms with Crippen molar-refractivity contribution in [2.45, 2.75) is 32.2 Å². The van der Waals surface area contributed by atoms with Crippen LogP contribution in [0.25, 0.3) is 0 Å². The number of anilines is 2. The third-order valence-electron chi connectivity index (χ3n) is 2.92. The number of halogens is 1. The molecule has 0 aliphatic rings. The predicted octanol–water partition coefficient (Wildman–Crippen LogP) is 2.89. The summed E-state index contributed by atoms with van der Waals surface area (Å²) >= 11 is 6.09. The normalized spacial score (nSPS) is 14.5. The molecule has 0 spiro atoms. The van der Waals surface area contributed by atoms with E-state index < -0.39 is 0 Å². The molecule has 0 aliphatic carbocycles. The van der Waals surface area contributed by atoms with Gasteiger partial charge in [0.25, 0.3) is 0 Å². The summed E-state index contributed by atoms with van der Waals surface area (Å²) in [5, 5.41) is 13.0. The molecule has 4 N–H and O–H groups in total. The zero-order valence-electron chi connectivity index (χ0n) is 9.76. The Bertz CT molecular complexity index is 337. The number of nitrogens with two attached hydrogens (primary N) is 1. The topological polar surface area (TPSA) is 58.3 Å². The molecule has 0 saturated heterocycles. The van der Waals surface area contributed by atoms with Crippen molar-refractivity contribution in [3.05, 3.63) is 23.2 Å². The van der Waals surface area contributed by atoms with Gasteiger partial charge in [0.15, 0.2) is 0 Å². The average Bonchev–Trinajstić information content (AvgIpc) is 2.24. The van der Waals surface area contributed by atoms with Crippen LogP contribution in [0.15, 0.2) is 18.2 Å². The van der Waals surface area contributed by atoms with Crippen molar-refractivity contribution in [3.8, 4) is 0 Å². The Morgan fingerprint density at radius 1 is 1.50 bits per heavy atom. The number of hydrogen-bond acceptors (Lipinski definition) is 3. The van der Waals surface area contributed by atoms with Crippen molar-refractivity contribution in [2.75, 3.05) is 17.7 Å². The van der Waals surface area contributed by atoms with E-state index in [0.29, 0.717) is 17.1 Å². The van der Waals surface area contributed by atoms with Crippen LogP contribution in [0.4, 0.5) is 11.4 Å². The van der Waals surface area contributed by atoms with E-state index in [1.165, 1.54) is 0 Å². The highest BCUT2D eigenvalue weighted by atomic mass is 35.5. The van der Waals surface area contributed by atoms with Gasteiger partial charge in [-0.25, -0.2) is 0 Å². The van der Waals surface area contributed by atoms with Gasteiger partial charge in [-0.05, 0) is 31.9 Å². The maximum atomic E-state index is 9.05.